The second-order valence-electron chi connectivity index (χ2n) is 4.87. The molecule has 2 unspecified atom stereocenters. The number of hydrogen-bond acceptors (Lipinski definition) is 3. The summed E-state index contributed by atoms with van der Waals surface area (Å²) in [6, 6.07) is 1.25. The lowest BCUT2D eigenvalue weighted by atomic mass is 9.89. The number of nitrogens with zero attached hydrogens (tertiary/aromatic N) is 1. The molecule has 6 nitrogen and oxygen atoms in total. The maximum atomic E-state index is 11.8. The lowest BCUT2D eigenvalue weighted by Crippen LogP contribution is -2.32. The minimum absolute atomic E-state index is 0.0941. The molecule has 1 aliphatic rings. The number of H-pyrrole nitrogens is 1. The van der Waals surface area contributed by atoms with Gasteiger partial charge in [-0.1, -0.05) is 22.4 Å². The summed E-state index contributed by atoms with van der Waals surface area (Å²) in [5, 5.41) is 13.4. The van der Waals surface area contributed by atoms with E-state index in [-0.39, 0.29) is 17.3 Å². The Morgan fingerprint density at radius 1 is 1.58 bits per heavy atom. The van der Waals surface area contributed by atoms with E-state index < -0.39 is 4.92 Å². The fraction of sp³-hybridized carbons (Fsp3) is 0.583. The van der Waals surface area contributed by atoms with E-state index in [4.69, 9.17) is 0 Å². The summed E-state index contributed by atoms with van der Waals surface area (Å²) in [6.07, 6.45) is 5.76. The molecule has 1 amide bonds. The van der Waals surface area contributed by atoms with E-state index in [1.807, 2.05) is 0 Å². The first kappa shape index (κ1) is 14.0. The molecule has 0 saturated heterocycles. The average molecular weight is 330 g/mol. The van der Waals surface area contributed by atoms with Crippen molar-refractivity contribution in [3.63, 3.8) is 0 Å². The molecule has 2 rings (SSSR count). The van der Waals surface area contributed by atoms with Gasteiger partial charge in [-0.25, -0.2) is 0 Å². The van der Waals surface area contributed by atoms with Crippen molar-refractivity contribution in [2.45, 2.75) is 30.5 Å². The summed E-state index contributed by atoms with van der Waals surface area (Å²) < 4.78 is 0. The van der Waals surface area contributed by atoms with Crippen molar-refractivity contribution in [1.29, 1.82) is 0 Å². The smallest absolute Gasteiger partial charge is 0.287 e. The molecule has 1 saturated carbocycles. The predicted molar refractivity (Wildman–Crippen MR) is 74.5 cm³/mol. The minimum Gasteiger partial charge on any atom is -0.351 e. The van der Waals surface area contributed by atoms with Crippen LogP contribution in [0.15, 0.2) is 12.3 Å². The molecule has 2 atom stereocenters. The third kappa shape index (κ3) is 3.79. The highest BCUT2D eigenvalue weighted by molar-refractivity contribution is 9.09. The quantitative estimate of drug-likeness (QED) is 0.505. The monoisotopic (exact) mass is 329 g/mol. The van der Waals surface area contributed by atoms with Crippen LogP contribution in [0, 0.1) is 16.0 Å². The van der Waals surface area contributed by atoms with Crippen LogP contribution in [0.25, 0.3) is 0 Å². The molecule has 1 aliphatic carbocycles. The number of aromatic amines is 1. The first-order valence-electron chi connectivity index (χ1n) is 6.31. The highest BCUT2D eigenvalue weighted by atomic mass is 79.9. The number of carbonyl (C=O) groups excluding carboxylic acids is 1. The minimum atomic E-state index is -0.524. The lowest BCUT2D eigenvalue weighted by Gasteiger charge is -2.25. The Hall–Kier alpha value is -1.37. The first-order valence-corrected chi connectivity index (χ1v) is 7.23. The predicted octanol–water partition coefficient (Wildman–Crippen LogP) is 2.61. The van der Waals surface area contributed by atoms with Gasteiger partial charge in [-0.2, -0.15) is 0 Å². The summed E-state index contributed by atoms with van der Waals surface area (Å²) in [5.74, 6) is 0.191. The Balaban J connectivity index is 1.85. The number of rotatable bonds is 4. The molecule has 7 heteroatoms. The molecule has 0 radical (unpaired) electrons. The van der Waals surface area contributed by atoms with Crippen molar-refractivity contribution in [2.75, 3.05) is 6.54 Å². The van der Waals surface area contributed by atoms with Crippen molar-refractivity contribution < 1.29 is 9.72 Å². The average Bonchev–Trinajstić information content (AvgIpc) is 2.86. The van der Waals surface area contributed by atoms with Crippen LogP contribution < -0.4 is 5.32 Å². The van der Waals surface area contributed by atoms with Gasteiger partial charge >= 0.3 is 0 Å². The van der Waals surface area contributed by atoms with Crippen LogP contribution in [0.4, 0.5) is 5.69 Å². The molecule has 0 bridgehead atoms. The number of amides is 1. The van der Waals surface area contributed by atoms with E-state index in [0.29, 0.717) is 17.3 Å². The zero-order valence-electron chi connectivity index (χ0n) is 10.4. The van der Waals surface area contributed by atoms with E-state index in [1.54, 1.807) is 0 Å². The van der Waals surface area contributed by atoms with E-state index >= 15 is 0 Å². The molecule has 1 fully saturated rings. The van der Waals surface area contributed by atoms with E-state index in [2.05, 4.69) is 26.2 Å². The molecular formula is C12H16BrN3O3. The Bertz CT molecular complexity index is 475. The van der Waals surface area contributed by atoms with Gasteiger partial charge in [-0.05, 0) is 25.2 Å². The fourth-order valence-corrected chi connectivity index (χ4v) is 3.21. The number of aromatic nitrogens is 1. The van der Waals surface area contributed by atoms with Crippen LogP contribution in [0.2, 0.25) is 0 Å². The summed E-state index contributed by atoms with van der Waals surface area (Å²) in [5.41, 5.74) is 0.140. The van der Waals surface area contributed by atoms with Gasteiger partial charge in [0.25, 0.3) is 11.6 Å². The van der Waals surface area contributed by atoms with E-state index in [0.717, 1.165) is 12.8 Å². The second kappa shape index (κ2) is 6.18. The van der Waals surface area contributed by atoms with Crippen LogP contribution in [-0.2, 0) is 0 Å². The van der Waals surface area contributed by atoms with Gasteiger partial charge in [0.05, 0.1) is 11.1 Å². The zero-order valence-corrected chi connectivity index (χ0v) is 12.0. The molecule has 0 aliphatic heterocycles. The third-order valence-electron chi connectivity index (χ3n) is 3.39. The highest BCUT2D eigenvalue weighted by Crippen LogP contribution is 2.28. The second-order valence-corrected chi connectivity index (χ2v) is 6.16. The number of hydrogen-bond donors (Lipinski definition) is 2. The largest absolute Gasteiger partial charge is 0.351 e. The third-order valence-corrected chi connectivity index (χ3v) is 4.22. The maximum Gasteiger partial charge on any atom is 0.287 e. The Morgan fingerprint density at radius 2 is 2.37 bits per heavy atom. The van der Waals surface area contributed by atoms with Gasteiger partial charge in [0.1, 0.15) is 5.69 Å². The summed E-state index contributed by atoms with van der Waals surface area (Å²) in [4.78, 5) is 25.0. The van der Waals surface area contributed by atoms with Gasteiger partial charge in [0.15, 0.2) is 0 Å². The van der Waals surface area contributed by atoms with Crippen LogP contribution in [-0.4, -0.2) is 27.2 Å². The Labute approximate surface area is 119 Å². The number of nitrogens with one attached hydrogen (secondary N) is 2. The zero-order chi connectivity index (χ0) is 13.8. The number of nitro groups is 1. The van der Waals surface area contributed by atoms with Gasteiger partial charge in [0, 0.05) is 17.4 Å². The van der Waals surface area contributed by atoms with Gasteiger partial charge in [-0.3, -0.25) is 14.9 Å². The number of carbonyl (C=O) groups is 1. The van der Waals surface area contributed by atoms with Crippen molar-refractivity contribution in [3.8, 4) is 0 Å². The number of alkyl halides is 1. The maximum absolute atomic E-state index is 11.8. The van der Waals surface area contributed by atoms with Crippen LogP contribution in [0.1, 0.15) is 36.2 Å². The Morgan fingerprint density at radius 3 is 3.00 bits per heavy atom. The van der Waals surface area contributed by atoms with Crippen LogP contribution in [0.5, 0.6) is 0 Å². The topological polar surface area (TPSA) is 88.0 Å². The van der Waals surface area contributed by atoms with Crippen LogP contribution >= 0.6 is 15.9 Å². The van der Waals surface area contributed by atoms with Crippen LogP contribution in [0.3, 0.4) is 0 Å². The Kier molecular flexibility index (Phi) is 4.57. The fourth-order valence-electron chi connectivity index (χ4n) is 2.36. The summed E-state index contributed by atoms with van der Waals surface area (Å²) in [6.45, 7) is 0.619. The molecule has 1 heterocycles. The van der Waals surface area contributed by atoms with Crippen molar-refractivity contribution in [2.24, 2.45) is 5.92 Å². The molecule has 2 N–H and O–H groups in total. The molecule has 0 spiro atoms. The lowest BCUT2D eigenvalue weighted by molar-refractivity contribution is -0.384. The van der Waals surface area contributed by atoms with E-state index in [9.17, 15) is 14.9 Å². The van der Waals surface area contributed by atoms with Gasteiger partial charge in [0.2, 0.25) is 0 Å². The molecular weight excluding hydrogens is 314 g/mol. The molecule has 19 heavy (non-hydrogen) atoms. The SMILES string of the molecule is O=C(NCC1CCCC(Br)C1)c1cc([N+](=O)[O-])c[nH]1. The van der Waals surface area contributed by atoms with Crippen molar-refractivity contribution in [3.05, 3.63) is 28.1 Å². The van der Waals surface area contributed by atoms with Gasteiger partial charge < -0.3 is 10.3 Å². The highest BCUT2D eigenvalue weighted by Gasteiger charge is 2.21. The standard InChI is InChI=1S/C12H16BrN3O3/c13-9-3-1-2-8(4-9)6-15-12(17)11-5-10(7-14-11)16(18)19/h5,7-9,14H,1-4,6H2,(H,15,17). The number of halogens is 1. The summed E-state index contributed by atoms with van der Waals surface area (Å²) in [7, 11) is 0. The molecule has 1 aromatic rings. The van der Waals surface area contributed by atoms with Crippen molar-refractivity contribution in [1.82, 2.24) is 10.3 Å². The molecule has 104 valence electrons. The first-order chi connectivity index (χ1) is 9.06. The summed E-state index contributed by atoms with van der Waals surface area (Å²) >= 11 is 3.61. The van der Waals surface area contributed by atoms with Gasteiger partial charge in [-0.15, -0.1) is 0 Å². The normalized spacial score (nSPS) is 23.0. The molecule has 0 aromatic carbocycles. The molecule has 1 aromatic heterocycles. The van der Waals surface area contributed by atoms with Crippen molar-refractivity contribution >= 4 is 27.5 Å². The van der Waals surface area contributed by atoms with E-state index in [1.165, 1.54) is 25.1 Å².